The van der Waals surface area contributed by atoms with Crippen molar-refractivity contribution in [2.24, 2.45) is 0 Å². The lowest BCUT2D eigenvalue weighted by molar-refractivity contribution is 0.240. The minimum absolute atomic E-state index is 0.226. The number of thiophene rings is 1. The van der Waals surface area contributed by atoms with Crippen molar-refractivity contribution in [2.75, 3.05) is 0 Å². The fraction of sp³-hybridized carbons (Fsp3) is 0.100. The molecule has 0 radical (unpaired) electrons. The van der Waals surface area contributed by atoms with Gasteiger partial charge in [-0.05, 0) is 11.4 Å². The van der Waals surface area contributed by atoms with Crippen molar-refractivity contribution >= 4 is 17.4 Å². The van der Waals surface area contributed by atoms with E-state index in [4.69, 9.17) is 0 Å². The van der Waals surface area contributed by atoms with Crippen molar-refractivity contribution in [1.82, 2.24) is 14.9 Å². The van der Waals surface area contributed by atoms with Crippen LogP contribution in [-0.4, -0.2) is 15.6 Å². The third kappa shape index (κ3) is 2.54. The molecule has 6 nitrogen and oxygen atoms in total. The molecule has 0 fully saturated rings. The molecule has 1 amide bonds. The first-order valence-corrected chi connectivity index (χ1v) is 5.78. The fourth-order valence-corrected chi connectivity index (χ4v) is 1.90. The number of H-pyrrole nitrogens is 1. The number of amides is 1. The highest BCUT2D eigenvalue weighted by molar-refractivity contribution is 7.09. The van der Waals surface area contributed by atoms with Gasteiger partial charge in [-0.2, -0.15) is 4.39 Å². The second-order valence-corrected chi connectivity index (χ2v) is 4.38. The van der Waals surface area contributed by atoms with Gasteiger partial charge in [-0.25, -0.2) is 14.2 Å². The van der Waals surface area contributed by atoms with Crippen molar-refractivity contribution in [3.63, 3.8) is 0 Å². The maximum absolute atomic E-state index is 13.0. The summed E-state index contributed by atoms with van der Waals surface area (Å²) in [5, 5.41) is 4.28. The van der Waals surface area contributed by atoms with Crippen LogP contribution >= 0.6 is 11.3 Å². The maximum atomic E-state index is 13.0. The second-order valence-electron chi connectivity index (χ2n) is 3.34. The van der Waals surface area contributed by atoms with Crippen LogP contribution in [-0.2, 0) is 6.54 Å². The Labute approximate surface area is 104 Å². The minimum Gasteiger partial charge on any atom is -0.332 e. The molecule has 0 aliphatic rings. The van der Waals surface area contributed by atoms with Gasteiger partial charge in [-0.3, -0.25) is 9.78 Å². The van der Waals surface area contributed by atoms with E-state index in [1.165, 1.54) is 11.3 Å². The lowest BCUT2D eigenvalue weighted by Crippen LogP contribution is -2.40. The minimum atomic E-state index is -1.19. The van der Waals surface area contributed by atoms with Gasteiger partial charge in [0, 0.05) is 4.88 Å². The normalized spacial score (nSPS) is 10.3. The van der Waals surface area contributed by atoms with Crippen LogP contribution in [0.4, 0.5) is 9.18 Å². The second kappa shape index (κ2) is 4.96. The quantitative estimate of drug-likeness (QED) is 0.832. The Morgan fingerprint density at radius 2 is 2.28 bits per heavy atom. The number of halogens is 1. The summed E-state index contributed by atoms with van der Waals surface area (Å²) in [5.74, 6) is -1.19. The first-order valence-electron chi connectivity index (χ1n) is 4.90. The van der Waals surface area contributed by atoms with E-state index in [1.807, 2.05) is 11.4 Å². The van der Waals surface area contributed by atoms with E-state index in [9.17, 15) is 18.8 Å². The molecule has 0 spiro atoms. The summed E-state index contributed by atoms with van der Waals surface area (Å²) in [6, 6.07) is 2.82. The number of rotatable bonds is 2. The number of aromatic amines is 1. The average molecular weight is 269 g/mol. The van der Waals surface area contributed by atoms with Gasteiger partial charge in [0.15, 0.2) is 0 Å². The molecular weight excluding hydrogens is 261 g/mol. The first kappa shape index (κ1) is 12.2. The molecule has 2 aromatic rings. The highest BCUT2D eigenvalue weighted by Gasteiger charge is 2.10. The number of hydrogen-bond donors (Lipinski definition) is 2. The summed E-state index contributed by atoms with van der Waals surface area (Å²) < 4.78 is 13.4. The average Bonchev–Trinajstić information content (AvgIpc) is 2.84. The van der Waals surface area contributed by atoms with E-state index >= 15 is 0 Å². The zero-order chi connectivity index (χ0) is 13.1. The number of nitrogens with zero attached hydrogens (tertiary/aromatic N) is 1. The summed E-state index contributed by atoms with van der Waals surface area (Å²) >= 11 is 1.44. The largest absolute Gasteiger partial charge is 0.336 e. The molecule has 0 aliphatic heterocycles. The van der Waals surface area contributed by atoms with Crippen LogP contribution in [0.1, 0.15) is 4.88 Å². The molecule has 0 saturated carbocycles. The molecule has 0 saturated heterocycles. The van der Waals surface area contributed by atoms with Crippen molar-refractivity contribution in [2.45, 2.75) is 6.54 Å². The van der Waals surface area contributed by atoms with Gasteiger partial charge in [0.1, 0.15) is 0 Å². The molecule has 18 heavy (non-hydrogen) atoms. The van der Waals surface area contributed by atoms with Crippen LogP contribution < -0.4 is 16.6 Å². The Morgan fingerprint density at radius 3 is 2.94 bits per heavy atom. The van der Waals surface area contributed by atoms with Gasteiger partial charge in [-0.15, -0.1) is 11.3 Å². The van der Waals surface area contributed by atoms with E-state index in [0.717, 1.165) is 4.88 Å². The number of nitrogens with one attached hydrogen (secondary N) is 2. The van der Waals surface area contributed by atoms with Crippen LogP contribution in [0.25, 0.3) is 0 Å². The Bertz CT molecular complexity index is 674. The van der Waals surface area contributed by atoms with Gasteiger partial charge in [0.2, 0.25) is 5.82 Å². The van der Waals surface area contributed by atoms with Crippen LogP contribution in [0.3, 0.4) is 0 Å². The standard InChI is InChI=1S/C10H8FN3O3S/c11-7-5-14(10(17)13-8(7)15)9(16)12-4-6-2-1-3-18-6/h1-3,5H,4H2,(H,12,16)(H,13,15,17). The monoisotopic (exact) mass is 269 g/mol. The number of aromatic nitrogens is 2. The SMILES string of the molecule is O=C(NCc1cccs1)n1cc(F)c(=O)[nH]c1=O. The predicted octanol–water partition coefficient (Wildman–Crippen LogP) is 0.495. The van der Waals surface area contributed by atoms with Gasteiger partial charge in [0.05, 0.1) is 12.7 Å². The first-order chi connectivity index (χ1) is 8.58. The van der Waals surface area contributed by atoms with Crippen LogP contribution in [0.15, 0.2) is 33.3 Å². The Morgan fingerprint density at radius 1 is 1.50 bits per heavy atom. The van der Waals surface area contributed by atoms with Gasteiger partial charge >= 0.3 is 11.7 Å². The lowest BCUT2D eigenvalue weighted by atomic mass is 10.5. The highest BCUT2D eigenvalue weighted by atomic mass is 32.1. The van der Waals surface area contributed by atoms with Crippen molar-refractivity contribution in [3.05, 3.63) is 55.2 Å². The molecule has 0 bridgehead atoms. The Hall–Kier alpha value is -2.22. The van der Waals surface area contributed by atoms with E-state index in [1.54, 1.807) is 11.1 Å². The Balaban J connectivity index is 2.17. The molecule has 0 atom stereocenters. The predicted molar refractivity (Wildman–Crippen MR) is 63.2 cm³/mol. The molecule has 2 aromatic heterocycles. The lowest BCUT2D eigenvalue weighted by Gasteiger charge is -2.05. The zero-order valence-corrected chi connectivity index (χ0v) is 9.79. The van der Waals surface area contributed by atoms with Crippen molar-refractivity contribution in [3.8, 4) is 0 Å². The van der Waals surface area contributed by atoms with E-state index < -0.39 is 23.1 Å². The van der Waals surface area contributed by atoms with Gasteiger partial charge < -0.3 is 5.32 Å². The zero-order valence-electron chi connectivity index (χ0n) is 8.97. The van der Waals surface area contributed by atoms with E-state index in [0.29, 0.717) is 10.8 Å². The van der Waals surface area contributed by atoms with Crippen LogP contribution in [0.5, 0.6) is 0 Å². The number of hydrogen-bond acceptors (Lipinski definition) is 4. The third-order valence-electron chi connectivity index (χ3n) is 2.11. The topological polar surface area (TPSA) is 84.0 Å². The molecule has 2 rings (SSSR count). The third-order valence-corrected chi connectivity index (χ3v) is 2.99. The Kier molecular flexibility index (Phi) is 3.38. The molecule has 2 N–H and O–H groups in total. The maximum Gasteiger partial charge on any atom is 0.336 e. The number of carbonyl (C=O) groups excluding carboxylic acids is 1. The smallest absolute Gasteiger partial charge is 0.332 e. The summed E-state index contributed by atoms with van der Waals surface area (Å²) in [7, 11) is 0. The summed E-state index contributed by atoms with van der Waals surface area (Å²) in [5.41, 5.74) is -2.13. The molecule has 94 valence electrons. The van der Waals surface area contributed by atoms with Crippen molar-refractivity contribution in [1.29, 1.82) is 0 Å². The summed E-state index contributed by atoms with van der Waals surface area (Å²) in [6.07, 6.45) is 0.560. The van der Waals surface area contributed by atoms with Gasteiger partial charge in [-0.1, -0.05) is 6.07 Å². The van der Waals surface area contributed by atoms with E-state index in [2.05, 4.69) is 5.32 Å². The number of carbonyl (C=O) groups is 1. The molecule has 2 heterocycles. The van der Waals surface area contributed by atoms with Crippen LogP contribution in [0, 0.1) is 5.82 Å². The molecule has 8 heteroatoms. The molecule has 0 aromatic carbocycles. The van der Waals surface area contributed by atoms with Gasteiger partial charge in [0.25, 0.3) is 5.56 Å². The van der Waals surface area contributed by atoms with E-state index in [-0.39, 0.29) is 6.54 Å². The highest BCUT2D eigenvalue weighted by Crippen LogP contribution is 2.07. The summed E-state index contributed by atoms with van der Waals surface area (Å²) in [6.45, 7) is 0.226. The molecule has 0 unspecified atom stereocenters. The fourth-order valence-electron chi connectivity index (χ4n) is 1.26. The van der Waals surface area contributed by atoms with Crippen LogP contribution in [0.2, 0.25) is 0 Å². The summed E-state index contributed by atoms with van der Waals surface area (Å²) in [4.78, 5) is 36.2. The molecule has 0 aliphatic carbocycles. The molecular formula is C10H8FN3O3S. The van der Waals surface area contributed by atoms with Crippen molar-refractivity contribution < 1.29 is 9.18 Å².